The van der Waals surface area contributed by atoms with Crippen molar-refractivity contribution in [2.45, 2.75) is 31.2 Å². The van der Waals surface area contributed by atoms with Crippen molar-refractivity contribution in [3.8, 4) is 0 Å². The van der Waals surface area contributed by atoms with Gasteiger partial charge in [0.2, 0.25) is 16.2 Å². The molecule has 1 aromatic rings. The van der Waals surface area contributed by atoms with Crippen LogP contribution in [0.25, 0.3) is 0 Å². The number of rotatable bonds is 7. The smallest absolute Gasteiger partial charge is 0.253 e. The highest BCUT2D eigenvalue weighted by molar-refractivity contribution is 7.89. The van der Waals surface area contributed by atoms with E-state index >= 15 is 0 Å². The first kappa shape index (κ1) is 22.6. The number of nitrogens with zero attached hydrogens (tertiary/aromatic N) is 4. The second-order valence-electron chi connectivity index (χ2n) is 8.82. The van der Waals surface area contributed by atoms with Crippen molar-refractivity contribution in [2.75, 3.05) is 39.8 Å². The monoisotopic (exact) mass is 459 g/mol. The van der Waals surface area contributed by atoms with Gasteiger partial charge in [-0.15, -0.1) is 5.01 Å². The lowest BCUT2D eigenvalue weighted by atomic mass is 9.81. The van der Waals surface area contributed by atoms with Gasteiger partial charge in [0.1, 0.15) is 13.1 Å². The number of sulfonamides is 1. The van der Waals surface area contributed by atoms with Gasteiger partial charge in [-0.2, -0.15) is 4.31 Å². The molecule has 172 valence electrons. The Labute approximate surface area is 189 Å². The lowest BCUT2D eigenvalue weighted by Gasteiger charge is -2.38. The third kappa shape index (κ3) is 4.77. The number of hydrazine groups is 1. The van der Waals surface area contributed by atoms with Gasteiger partial charge in [0.05, 0.1) is 16.7 Å². The predicted molar refractivity (Wildman–Crippen MR) is 120 cm³/mol. The Kier molecular flexibility index (Phi) is 6.45. The summed E-state index contributed by atoms with van der Waals surface area (Å²) in [4.78, 5) is 14.5. The highest BCUT2D eigenvalue weighted by Crippen LogP contribution is 2.32. The topological polar surface area (TPSA) is 97.1 Å². The van der Waals surface area contributed by atoms with Gasteiger partial charge < -0.3 is 10.6 Å². The molecule has 4 rings (SSSR count). The molecule has 1 saturated heterocycles. The Morgan fingerprint density at radius 1 is 1.19 bits per heavy atom. The van der Waals surface area contributed by atoms with Crippen LogP contribution in [-0.2, 0) is 21.4 Å². The molecule has 3 aliphatic heterocycles. The van der Waals surface area contributed by atoms with E-state index < -0.39 is 10.0 Å². The summed E-state index contributed by atoms with van der Waals surface area (Å²) >= 11 is 0. The molecule has 32 heavy (non-hydrogen) atoms. The third-order valence-electron chi connectivity index (χ3n) is 6.32. The number of carbonyl (C=O) groups is 1. The molecule has 3 aliphatic rings. The van der Waals surface area contributed by atoms with Crippen molar-refractivity contribution in [3.05, 3.63) is 53.9 Å². The molecule has 0 saturated carbocycles. The quantitative estimate of drug-likeness (QED) is 0.601. The van der Waals surface area contributed by atoms with Crippen LogP contribution in [0, 0.1) is 5.41 Å². The van der Waals surface area contributed by atoms with Crippen molar-refractivity contribution >= 4 is 15.9 Å². The molecule has 0 spiro atoms. The van der Waals surface area contributed by atoms with E-state index in [9.17, 15) is 13.2 Å². The summed E-state index contributed by atoms with van der Waals surface area (Å²) in [6.07, 6.45) is 6.96. The fourth-order valence-corrected chi connectivity index (χ4v) is 5.70. The zero-order chi connectivity index (χ0) is 22.8. The Bertz CT molecular complexity index is 1050. The minimum atomic E-state index is -3.51. The molecule has 1 fully saturated rings. The van der Waals surface area contributed by atoms with Crippen molar-refractivity contribution in [1.29, 1.82) is 0 Å². The van der Waals surface area contributed by atoms with Crippen LogP contribution in [0.4, 0.5) is 0 Å². The maximum atomic E-state index is 13.0. The summed E-state index contributed by atoms with van der Waals surface area (Å²) in [5, 5.41) is 12.2. The van der Waals surface area contributed by atoms with Crippen LogP contribution in [-0.4, -0.2) is 68.2 Å². The molecule has 9 nitrogen and oxygen atoms in total. The molecule has 1 amide bonds. The minimum absolute atomic E-state index is 0.133. The normalized spacial score (nSPS) is 20.5. The number of hydrogen-bond donors (Lipinski definition) is 2. The number of azo groups is 1. The number of benzene rings is 1. The Balaban J connectivity index is 1.33. The molecule has 0 aliphatic carbocycles. The second kappa shape index (κ2) is 9.13. The molecule has 0 bridgehead atoms. The van der Waals surface area contributed by atoms with E-state index in [1.165, 1.54) is 0 Å². The van der Waals surface area contributed by atoms with Gasteiger partial charge in [-0.25, -0.2) is 8.42 Å². The lowest BCUT2D eigenvalue weighted by Crippen LogP contribution is -2.45. The van der Waals surface area contributed by atoms with E-state index in [1.54, 1.807) is 51.9 Å². The number of fused-ring (bicyclic) bond motifs is 1. The summed E-state index contributed by atoms with van der Waals surface area (Å²) < 4.78 is 27.7. The number of piperidine rings is 1. The van der Waals surface area contributed by atoms with Gasteiger partial charge >= 0.3 is 0 Å². The van der Waals surface area contributed by atoms with E-state index in [0.29, 0.717) is 36.6 Å². The van der Waals surface area contributed by atoms with Gasteiger partial charge in [-0.05, 0) is 48.1 Å². The number of nitrogens with one attached hydrogen (secondary N) is 2. The van der Waals surface area contributed by atoms with Crippen molar-refractivity contribution < 1.29 is 18.0 Å². The average Bonchev–Trinajstić information content (AvgIpc) is 3.26. The van der Waals surface area contributed by atoms with Crippen LogP contribution < -0.4 is 10.6 Å². The van der Waals surface area contributed by atoms with Crippen LogP contribution >= 0.6 is 0 Å². The SMILES string of the molecule is CNCC1(C)CCN(S(=O)(=O)c2ccc(CNC(=O)C3=CN4CCN=[N+]4C=C3)cc2)CC1. The molecule has 2 N–H and O–H groups in total. The lowest BCUT2D eigenvalue weighted by molar-refractivity contribution is -0.662. The molecular formula is C22H31N6O3S+. The number of hydrogen-bond acceptors (Lipinski definition) is 6. The Hall–Kier alpha value is -2.56. The predicted octanol–water partition coefficient (Wildman–Crippen LogP) is 1.42. The Morgan fingerprint density at radius 3 is 2.59 bits per heavy atom. The van der Waals surface area contributed by atoms with Gasteiger partial charge in [0, 0.05) is 37.1 Å². The first-order chi connectivity index (χ1) is 15.3. The van der Waals surface area contributed by atoms with Crippen LogP contribution in [0.5, 0.6) is 0 Å². The minimum Gasteiger partial charge on any atom is -0.348 e. The van der Waals surface area contributed by atoms with Crippen LogP contribution in [0.3, 0.4) is 0 Å². The summed E-state index contributed by atoms with van der Waals surface area (Å²) in [6.45, 7) is 5.93. The zero-order valence-corrected chi connectivity index (χ0v) is 19.4. The van der Waals surface area contributed by atoms with Gasteiger partial charge in [0.25, 0.3) is 5.91 Å². The molecule has 0 aromatic heterocycles. The maximum Gasteiger partial charge on any atom is 0.253 e. The molecule has 1 aromatic carbocycles. The van der Waals surface area contributed by atoms with Crippen LogP contribution in [0.2, 0.25) is 0 Å². The van der Waals surface area contributed by atoms with Gasteiger partial charge in [0.15, 0.2) is 0 Å². The molecule has 3 heterocycles. The molecular weight excluding hydrogens is 428 g/mol. The molecule has 0 unspecified atom stereocenters. The first-order valence-electron chi connectivity index (χ1n) is 11.0. The fourth-order valence-electron chi connectivity index (χ4n) is 4.26. The van der Waals surface area contributed by atoms with Crippen LogP contribution in [0.15, 0.2) is 58.3 Å². The number of amides is 1. The van der Waals surface area contributed by atoms with Gasteiger partial charge in [-0.1, -0.05) is 19.1 Å². The van der Waals surface area contributed by atoms with E-state index in [-0.39, 0.29) is 11.3 Å². The summed E-state index contributed by atoms with van der Waals surface area (Å²) in [6, 6.07) is 6.77. The summed E-state index contributed by atoms with van der Waals surface area (Å²) in [7, 11) is -1.58. The second-order valence-corrected chi connectivity index (χ2v) is 10.8. The highest BCUT2D eigenvalue weighted by Gasteiger charge is 2.35. The van der Waals surface area contributed by atoms with Crippen molar-refractivity contribution in [3.63, 3.8) is 0 Å². The standard InChI is InChI=1S/C22H30N6O3S/c1-22(17-23-2)8-12-27(13-9-22)32(30,31)20-5-3-18(4-6-20)15-24-21(29)19-7-11-28-25-10-14-26(28)16-19/h3-7,11,16,23H,8-10,12-15,17H2,1-2H3/p+1. The van der Waals surface area contributed by atoms with E-state index in [1.807, 2.05) is 12.1 Å². The summed E-state index contributed by atoms with van der Waals surface area (Å²) in [5.41, 5.74) is 1.54. The van der Waals surface area contributed by atoms with Crippen LogP contribution in [0.1, 0.15) is 25.3 Å². The first-order valence-corrected chi connectivity index (χ1v) is 12.4. The van der Waals surface area contributed by atoms with Crippen molar-refractivity contribution in [2.24, 2.45) is 10.5 Å². The highest BCUT2D eigenvalue weighted by atomic mass is 32.2. The maximum absolute atomic E-state index is 13.0. The Morgan fingerprint density at radius 2 is 1.91 bits per heavy atom. The van der Waals surface area contributed by atoms with E-state index in [0.717, 1.165) is 31.5 Å². The number of carbonyl (C=O) groups excluding carboxylic acids is 1. The van der Waals surface area contributed by atoms with E-state index in [2.05, 4.69) is 22.7 Å². The molecule has 0 radical (unpaired) electrons. The molecule has 0 atom stereocenters. The third-order valence-corrected chi connectivity index (χ3v) is 8.24. The summed E-state index contributed by atoms with van der Waals surface area (Å²) in [5.74, 6) is -0.178. The fraction of sp³-hybridized carbons (Fsp3) is 0.500. The van der Waals surface area contributed by atoms with Crippen molar-refractivity contribution in [1.82, 2.24) is 19.9 Å². The average molecular weight is 460 g/mol. The molecule has 10 heteroatoms. The largest absolute Gasteiger partial charge is 0.348 e. The zero-order valence-electron chi connectivity index (χ0n) is 18.6. The van der Waals surface area contributed by atoms with E-state index in [4.69, 9.17) is 0 Å². The van der Waals surface area contributed by atoms with Gasteiger partial charge in [-0.3, -0.25) is 4.79 Å².